The van der Waals surface area contributed by atoms with Crippen LogP contribution in [0.5, 0.6) is 5.75 Å². The molecule has 0 amide bonds. The summed E-state index contributed by atoms with van der Waals surface area (Å²) in [6, 6.07) is 5.58. The first kappa shape index (κ1) is 18.2. The van der Waals surface area contributed by atoms with Gasteiger partial charge in [0.25, 0.3) is 0 Å². The lowest BCUT2D eigenvalue weighted by molar-refractivity contribution is -0.164. The topological polar surface area (TPSA) is 38.8 Å². The number of likely N-dealkylation sites (tertiary alicyclic amines) is 1. The Morgan fingerprint density at radius 2 is 2.08 bits per heavy atom. The normalized spacial score (nSPS) is 26.2. The number of terminal acetylenes is 1. The van der Waals surface area contributed by atoms with Gasteiger partial charge in [0.1, 0.15) is 11.9 Å². The van der Waals surface area contributed by atoms with Crippen molar-refractivity contribution in [2.75, 3.05) is 20.1 Å². The van der Waals surface area contributed by atoms with Gasteiger partial charge in [-0.05, 0) is 43.5 Å². The fourth-order valence-corrected chi connectivity index (χ4v) is 4.16. The summed E-state index contributed by atoms with van der Waals surface area (Å²) in [7, 11) is 2.08. The molecule has 0 aromatic heterocycles. The lowest BCUT2D eigenvalue weighted by Gasteiger charge is -2.42. The number of piperidine rings is 1. The van der Waals surface area contributed by atoms with Crippen molar-refractivity contribution in [3.63, 3.8) is 0 Å². The van der Waals surface area contributed by atoms with Crippen molar-refractivity contribution < 1.29 is 14.3 Å². The van der Waals surface area contributed by atoms with E-state index >= 15 is 0 Å². The second-order valence-electron chi connectivity index (χ2n) is 7.71. The number of hydrogen-bond donors (Lipinski definition) is 1. The monoisotopic (exact) mass is 359 g/mol. The molecule has 0 N–H and O–H groups in total. The van der Waals surface area contributed by atoms with Gasteiger partial charge in [0, 0.05) is 30.6 Å². The van der Waals surface area contributed by atoms with Crippen LogP contribution in [0.25, 0.3) is 0 Å². The van der Waals surface area contributed by atoms with Crippen LogP contribution in [0.3, 0.4) is 0 Å². The smallest absolute Gasteiger partial charge is 0.361 e. The second kappa shape index (κ2) is 6.59. The second-order valence-corrected chi connectivity index (χ2v) is 8.43. The van der Waals surface area contributed by atoms with Crippen molar-refractivity contribution in [2.45, 2.75) is 49.6 Å². The fraction of sp³-hybridized carbons (Fsp3) is 0.550. The van der Waals surface area contributed by atoms with Gasteiger partial charge in [0.2, 0.25) is 4.93 Å². The Morgan fingerprint density at radius 1 is 1.40 bits per heavy atom. The highest BCUT2D eigenvalue weighted by Gasteiger charge is 2.49. The zero-order chi connectivity index (χ0) is 18.2. The highest BCUT2D eigenvalue weighted by molar-refractivity contribution is 7.82. The standard InChI is InChI=1S/C20H25NO3S/c1-5-14-6-7-17-16(12-14)19(2,3)13-20(25,24-17)18(22)23-15-8-10-21(4)11-9-15/h1,6-7,12,15,25H,8-11,13H2,2-4H3. The SMILES string of the molecule is C#Cc1ccc2c(c1)C(C)(C)CC(S)(C(=O)OC1CCN(C)CC1)O2. The highest BCUT2D eigenvalue weighted by Crippen LogP contribution is 2.47. The number of esters is 1. The van der Waals surface area contributed by atoms with E-state index in [1.807, 2.05) is 18.2 Å². The van der Waals surface area contributed by atoms with Gasteiger partial charge >= 0.3 is 5.97 Å². The van der Waals surface area contributed by atoms with Gasteiger partial charge in [-0.1, -0.05) is 19.8 Å². The number of carbonyl (C=O) groups excluding carboxylic acids is 1. The van der Waals surface area contributed by atoms with Crippen molar-refractivity contribution in [3.8, 4) is 18.1 Å². The Kier molecular flexibility index (Phi) is 4.78. The summed E-state index contributed by atoms with van der Waals surface area (Å²) in [5.41, 5.74) is 1.50. The van der Waals surface area contributed by atoms with E-state index in [4.69, 9.17) is 15.9 Å². The molecule has 5 heteroatoms. The number of hydrogen-bond acceptors (Lipinski definition) is 5. The molecule has 2 aliphatic rings. The number of ether oxygens (including phenoxy) is 2. The molecule has 1 unspecified atom stereocenters. The maximum Gasteiger partial charge on any atom is 0.361 e. The van der Waals surface area contributed by atoms with Gasteiger partial charge in [-0.15, -0.1) is 19.1 Å². The third kappa shape index (κ3) is 3.65. The first-order valence-electron chi connectivity index (χ1n) is 8.66. The molecule has 134 valence electrons. The average molecular weight is 359 g/mol. The van der Waals surface area contributed by atoms with Crippen molar-refractivity contribution >= 4 is 18.6 Å². The summed E-state index contributed by atoms with van der Waals surface area (Å²) in [6.07, 6.45) is 7.55. The van der Waals surface area contributed by atoms with Crippen molar-refractivity contribution in [3.05, 3.63) is 29.3 Å². The van der Waals surface area contributed by atoms with Crippen LogP contribution in [0, 0.1) is 12.3 Å². The summed E-state index contributed by atoms with van der Waals surface area (Å²) >= 11 is 4.60. The number of carbonyl (C=O) groups is 1. The number of thiol groups is 1. The lowest BCUT2D eigenvalue weighted by Crippen LogP contribution is -2.50. The van der Waals surface area contributed by atoms with Crippen LogP contribution >= 0.6 is 12.6 Å². The quantitative estimate of drug-likeness (QED) is 0.501. The molecule has 0 saturated carbocycles. The largest absolute Gasteiger partial charge is 0.465 e. The van der Waals surface area contributed by atoms with Gasteiger partial charge in [-0.3, -0.25) is 0 Å². The van der Waals surface area contributed by atoms with E-state index in [0.717, 1.165) is 37.1 Å². The van der Waals surface area contributed by atoms with E-state index in [1.54, 1.807) is 0 Å². The van der Waals surface area contributed by atoms with E-state index < -0.39 is 10.9 Å². The van der Waals surface area contributed by atoms with Gasteiger partial charge in [-0.25, -0.2) is 4.79 Å². The first-order chi connectivity index (χ1) is 11.7. The molecule has 1 fully saturated rings. The van der Waals surface area contributed by atoms with Gasteiger partial charge in [0.05, 0.1) is 0 Å². The van der Waals surface area contributed by atoms with E-state index in [1.165, 1.54) is 0 Å². The molecule has 0 spiro atoms. The molecule has 2 aliphatic heterocycles. The summed E-state index contributed by atoms with van der Waals surface area (Å²) < 4.78 is 11.7. The van der Waals surface area contributed by atoms with Crippen LogP contribution in [0.2, 0.25) is 0 Å². The highest BCUT2D eigenvalue weighted by atomic mass is 32.1. The van der Waals surface area contributed by atoms with Crippen LogP contribution in [0.15, 0.2) is 18.2 Å². The van der Waals surface area contributed by atoms with Crippen LogP contribution in [0.4, 0.5) is 0 Å². The Morgan fingerprint density at radius 3 is 2.72 bits per heavy atom. The van der Waals surface area contributed by atoms with E-state index in [-0.39, 0.29) is 11.5 Å². The summed E-state index contributed by atoms with van der Waals surface area (Å²) in [4.78, 5) is 13.8. The third-order valence-corrected chi connectivity index (χ3v) is 5.53. The zero-order valence-electron chi connectivity index (χ0n) is 15.0. The first-order valence-corrected chi connectivity index (χ1v) is 9.10. The van der Waals surface area contributed by atoms with E-state index in [2.05, 4.69) is 44.3 Å². The number of nitrogens with zero attached hydrogens (tertiary/aromatic N) is 1. The number of fused-ring (bicyclic) bond motifs is 1. The Labute approximate surface area is 155 Å². The molecule has 1 atom stereocenters. The third-order valence-electron chi connectivity index (χ3n) is 5.09. The van der Waals surface area contributed by atoms with Gasteiger partial charge < -0.3 is 14.4 Å². The maximum atomic E-state index is 12.8. The average Bonchev–Trinajstić information content (AvgIpc) is 2.56. The Hall–Kier alpha value is -1.64. The van der Waals surface area contributed by atoms with E-state index in [9.17, 15) is 4.79 Å². The van der Waals surface area contributed by atoms with Gasteiger partial charge in [-0.2, -0.15) is 0 Å². The van der Waals surface area contributed by atoms with Crippen LogP contribution in [-0.4, -0.2) is 42.0 Å². The van der Waals surface area contributed by atoms with Crippen LogP contribution in [-0.2, 0) is 14.9 Å². The number of rotatable bonds is 2. The molecule has 1 aromatic carbocycles. The molecule has 1 aromatic rings. The van der Waals surface area contributed by atoms with Crippen molar-refractivity contribution in [1.29, 1.82) is 0 Å². The summed E-state index contributed by atoms with van der Waals surface area (Å²) in [5, 5.41) is 0. The molecule has 2 heterocycles. The van der Waals surface area contributed by atoms with Crippen LogP contribution < -0.4 is 4.74 Å². The summed E-state index contributed by atoms with van der Waals surface area (Å²) in [6.45, 7) is 6.01. The minimum atomic E-state index is -1.28. The van der Waals surface area contributed by atoms with Crippen molar-refractivity contribution in [2.24, 2.45) is 0 Å². The fourth-order valence-electron chi connectivity index (χ4n) is 3.61. The van der Waals surface area contributed by atoms with Gasteiger partial charge in [0.15, 0.2) is 0 Å². The minimum Gasteiger partial charge on any atom is -0.465 e. The van der Waals surface area contributed by atoms with Crippen LogP contribution in [0.1, 0.15) is 44.2 Å². The van der Waals surface area contributed by atoms with Crippen molar-refractivity contribution in [1.82, 2.24) is 4.90 Å². The molecule has 0 radical (unpaired) electrons. The molecular weight excluding hydrogens is 334 g/mol. The Balaban J connectivity index is 1.80. The molecule has 25 heavy (non-hydrogen) atoms. The zero-order valence-corrected chi connectivity index (χ0v) is 15.9. The summed E-state index contributed by atoms with van der Waals surface area (Å²) in [5.74, 6) is 2.89. The molecule has 4 nitrogen and oxygen atoms in total. The molecule has 0 bridgehead atoms. The predicted molar refractivity (Wildman–Crippen MR) is 101 cm³/mol. The number of benzene rings is 1. The maximum absolute atomic E-state index is 12.8. The molecule has 1 saturated heterocycles. The van der Waals surface area contributed by atoms with E-state index in [0.29, 0.717) is 12.2 Å². The lowest BCUT2D eigenvalue weighted by atomic mass is 9.76. The molecular formula is C20H25NO3S. The predicted octanol–water partition coefficient (Wildman–Crippen LogP) is 2.99. The molecule has 3 rings (SSSR count). The Bertz CT molecular complexity index is 716. The molecule has 0 aliphatic carbocycles. The minimum absolute atomic E-state index is 0.0651.